The lowest BCUT2D eigenvalue weighted by atomic mass is 10.3. The number of aromatic nitrogens is 2. The molecule has 0 bridgehead atoms. The average Bonchev–Trinajstić information content (AvgIpc) is 3.20. The predicted octanol–water partition coefficient (Wildman–Crippen LogP) is 3.07. The van der Waals surface area contributed by atoms with Gasteiger partial charge in [-0.05, 0) is 35.7 Å². The summed E-state index contributed by atoms with van der Waals surface area (Å²) in [5.74, 6) is -0.424. The Morgan fingerprint density at radius 1 is 1.17 bits per heavy atom. The van der Waals surface area contributed by atoms with Gasteiger partial charge in [-0.15, -0.1) is 11.3 Å². The quantitative estimate of drug-likeness (QED) is 0.363. The number of anilines is 1. The van der Waals surface area contributed by atoms with Crippen molar-refractivity contribution in [3.63, 3.8) is 0 Å². The van der Waals surface area contributed by atoms with E-state index in [9.17, 15) is 14.4 Å². The Kier molecular flexibility index (Phi) is 7.45. The monoisotopic (exact) mass is 448 g/mol. The maximum Gasteiger partial charge on any atom is 0.251 e. The molecule has 0 aliphatic rings. The molecule has 2 aromatic heterocycles. The molecule has 0 aliphatic carbocycles. The van der Waals surface area contributed by atoms with Gasteiger partial charge in [-0.1, -0.05) is 29.4 Å². The summed E-state index contributed by atoms with van der Waals surface area (Å²) in [7, 11) is 0. The van der Waals surface area contributed by atoms with E-state index >= 15 is 0 Å². The molecular formula is C19H17ClN4O3S2. The molecule has 0 radical (unpaired) electrons. The molecule has 3 rings (SSSR count). The van der Waals surface area contributed by atoms with Crippen LogP contribution in [0.3, 0.4) is 0 Å². The van der Waals surface area contributed by atoms with E-state index in [2.05, 4.69) is 20.6 Å². The molecule has 10 heteroatoms. The van der Waals surface area contributed by atoms with E-state index in [0.717, 1.165) is 16.6 Å². The standard InChI is InChI=1S/C19H17ClN4O3S2/c20-12-3-5-13(6-4-12)22-18(27)11-29-19-23-14(9-17(26)24-19)8-16(25)21-10-15-2-1-7-28-15/h1-7,9H,8,10-11H2,(H,21,25)(H,22,27)(H,23,24,26). The van der Waals surface area contributed by atoms with Crippen LogP contribution in [0.1, 0.15) is 10.6 Å². The molecular weight excluding hydrogens is 432 g/mol. The molecule has 2 heterocycles. The van der Waals surface area contributed by atoms with Gasteiger partial charge in [-0.25, -0.2) is 4.98 Å². The summed E-state index contributed by atoms with van der Waals surface area (Å²) in [6.07, 6.45) is -0.0141. The van der Waals surface area contributed by atoms with Crippen molar-refractivity contribution in [3.05, 3.63) is 73.8 Å². The van der Waals surface area contributed by atoms with Crippen LogP contribution in [-0.4, -0.2) is 27.5 Å². The molecule has 3 N–H and O–H groups in total. The summed E-state index contributed by atoms with van der Waals surface area (Å²) < 4.78 is 0. The fourth-order valence-corrected chi connectivity index (χ4v) is 3.80. The molecule has 150 valence electrons. The molecule has 7 nitrogen and oxygen atoms in total. The van der Waals surface area contributed by atoms with Crippen LogP contribution in [-0.2, 0) is 22.6 Å². The molecule has 0 spiro atoms. The highest BCUT2D eigenvalue weighted by Gasteiger charge is 2.10. The number of benzene rings is 1. The van der Waals surface area contributed by atoms with Crippen LogP contribution in [0.2, 0.25) is 5.02 Å². The van der Waals surface area contributed by atoms with Gasteiger partial charge in [0.05, 0.1) is 24.4 Å². The Morgan fingerprint density at radius 3 is 2.69 bits per heavy atom. The largest absolute Gasteiger partial charge is 0.351 e. The lowest BCUT2D eigenvalue weighted by molar-refractivity contribution is -0.120. The fourth-order valence-electron chi connectivity index (χ4n) is 2.33. The van der Waals surface area contributed by atoms with Gasteiger partial charge in [0, 0.05) is 21.7 Å². The first-order valence-electron chi connectivity index (χ1n) is 8.55. The molecule has 29 heavy (non-hydrogen) atoms. The third kappa shape index (κ3) is 7.04. The van der Waals surface area contributed by atoms with Gasteiger partial charge < -0.3 is 15.6 Å². The highest BCUT2D eigenvalue weighted by molar-refractivity contribution is 7.99. The van der Waals surface area contributed by atoms with Gasteiger partial charge in [-0.2, -0.15) is 0 Å². The third-order valence-electron chi connectivity index (χ3n) is 3.62. The second-order valence-electron chi connectivity index (χ2n) is 5.92. The molecule has 0 unspecified atom stereocenters. The first-order valence-corrected chi connectivity index (χ1v) is 10.8. The zero-order valence-electron chi connectivity index (χ0n) is 15.1. The zero-order valence-corrected chi connectivity index (χ0v) is 17.5. The van der Waals surface area contributed by atoms with Gasteiger partial charge in [0.15, 0.2) is 5.16 Å². The number of aromatic amines is 1. The SMILES string of the molecule is O=C(Cc1cc(=O)[nH]c(SCC(=O)Nc2ccc(Cl)cc2)n1)NCc1cccs1. The van der Waals surface area contributed by atoms with Gasteiger partial charge in [-0.3, -0.25) is 14.4 Å². The average molecular weight is 449 g/mol. The molecule has 0 saturated carbocycles. The van der Waals surface area contributed by atoms with Crippen LogP contribution in [0.5, 0.6) is 0 Å². The van der Waals surface area contributed by atoms with Crippen molar-refractivity contribution in [1.29, 1.82) is 0 Å². The van der Waals surface area contributed by atoms with Crippen LogP contribution in [0, 0.1) is 0 Å². The van der Waals surface area contributed by atoms with E-state index in [1.165, 1.54) is 6.07 Å². The highest BCUT2D eigenvalue weighted by Crippen LogP contribution is 2.16. The van der Waals surface area contributed by atoms with Gasteiger partial charge in [0.2, 0.25) is 11.8 Å². The molecule has 3 aromatic rings. The maximum atomic E-state index is 12.1. The van der Waals surface area contributed by atoms with Crippen molar-refractivity contribution in [2.24, 2.45) is 0 Å². The lowest BCUT2D eigenvalue weighted by Gasteiger charge is -2.06. The van der Waals surface area contributed by atoms with E-state index in [4.69, 9.17) is 11.6 Å². The fraction of sp³-hybridized carbons (Fsp3) is 0.158. The van der Waals surface area contributed by atoms with E-state index in [1.807, 2.05) is 17.5 Å². The lowest BCUT2D eigenvalue weighted by Crippen LogP contribution is -2.25. The number of halogens is 1. The smallest absolute Gasteiger partial charge is 0.251 e. The number of thioether (sulfide) groups is 1. The Morgan fingerprint density at radius 2 is 1.97 bits per heavy atom. The highest BCUT2D eigenvalue weighted by atomic mass is 35.5. The second-order valence-corrected chi connectivity index (χ2v) is 8.35. The van der Waals surface area contributed by atoms with Crippen molar-refractivity contribution >= 4 is 52.2 Å². The summed E-state index contributed by atoms with van der Waals surface area (Å²) >= 11 is 8.45. The Balaban J connectivity index is 1.52. The Bertz CT molecular complexity index is 1040. The Labute approximate surface area is 179 Å². The Hall–Kier alpha value is -2.62. The number of nitrogens with zero attached hydrogens (tertiary/aromatic N) is 1. The van der Waals surface area contributed by atoms with Crippen molar-refractivity contribution in [1.82, 2.24) is 15.3 Å². The number of amides is 2. The number of hydrogen-bond donors (Lipinski definition) is 3. The summed E-state index contributed by atoms with van der Waals surface area (Å²) in [6.45, 7) is 0.437. The van der Waals surface area contributed by atoms with Crippen molar-refractivity contribution in [2.45, 2.75) is 18.1 Å². The minimum atomic E-state index is -0.373. The number of carbonyl (C=O) groups is 2. The maximum absolute atomic E-state index is 12.1. The second kappa shape index (κ2) is 10.2. The number of thiophene rings is 1. The summed E-state index contributed by atoms with van der Waals surface area (Å²) in [4.78, 5) is 43.9. The van der Waals surface area contributed by atoms with Gasteiger partial charge in [0.1, 0.15) is 0 Å². The topological polar surface area (TPSA) is 104 Å². The van der Waals surface area contributed by atoms with E-state index in [1.54, 1.807) is 35.6 Å². The summed E-state index contributed by atoms with van der Waals surface area (Å²) in [5.41, 5.74) is 0.595. The van der Waals surface area contributed by atoms with Crippen molar-refractivity contribution in [2.75, 3.05) is 11.1 Å². The van der Waals surface area contributed by atoms with Crippen LogP contribution in [0.4, 0.5) is 5.69 Å². The number of rotatable bonds is 8. The zero-order chi connectivity index (χ0) is 20.6. The minimum Gasteiger partial charge on any atom is -0.351 e. The van der Waals surface area contributed by atoms with Gasteiger partial charge in [0.25, 0.3) is 5.56 Å². The summed E-state index contributed by atoms with van der Waals surface area (Å²) in [6, 6.07) is 11.9. The number of nitrogens with one attached hydrogen (secondary N) is 3. The molecule has 0 atom stereocenters. The van der Waals surface area contributed by atoms with Crippen LogP contribution < -0.4 is 16.2 Å². The normalized spacial score (nSPS) is 10.5. The van der Waals surface area contributed by atoms with Crippen molar-refractivity contribution in [3.8, 4) is 0 Å². The van der Waals surface area contributed by atoms with E-state index in [-0.39, 0.29) is 34.7 Å². The molecule has 0 aliphatic heterocycles. The summed E-state index contributed by atoms with van der Waals surface area (Å²) in [5, 5.41) is 8.32. The predicted molar refractivity (Wildman–Crippen MR) is 116 cm³/mol. The number of H-pyrrole nitrogens is 1. The molecule has 1 aromatic carbocycles. The molecule has 0 saturated heterocycles. The van der Waals surface area contributed by atoms with E-state index in [0.29, 0.717) is 22.9 Å². The van der Waals surface area contributed by atoms with Crippen LogP contribution >= 0.6 is 34.7 Å². The molecule has 0 fully saturated rings. The number of carbonyl (C=O) groups excluding carboxylic acids is 2. The number of hydrogen-bond acceptors (Lipinski definition) is 6. The van der Waals surface area contributed by atoms with Crippen LogP contribution in [0.25, 0.3) is 0 Å². The first kappa shape index (κ1) is 21.1. The first-order chi connectivity index (χ1) is 14.0. The van der Waals surface area contributed by atoms with E-state index < -0.39 is 0 Å². The third-order valence-corrected chi connectivity index (χ3v) is 5.62. The van der Waals surface area contributed by atoms with Crippen LogP contribution in [0.15, 0.2) is 57.8 Å². The van der Waals surface area contributed by atoms with Crippen molar-refractivity contribution < 1.29 is 9.59 Å². The van der Waals surface area contributed by atoms with Gasteiger partial charge >= 0.3 is 0 Å². The molecule has 2 amide bonds. The minimum absolute atomic E-state index is 0.0141.